The molecular weight excluding hydrogens is 275 g/mol. The van der Waals surface area contributed by atoms with E-state index >= 15 is 0 Å². The number of carbonyl (C=O) groups is 2. The van der Waals surface area contributed by atoms with E-state index in [-0.39, 0.29) is 17.5 Å². The molecule has 1 unspecified atom stereocenters. The molecule has 1 aromatic rings. The van der Waals surface area contributed by atoms with Gasteiger partial charge in [-0.1, -0.05) is 12.1 Å². The maximum Gasteiger partial charge on any atom is 0.263 e. The van der Waals surface area contributed by atoms with Crippen LogP contribution in [0.1, 0.15) is 33.6 Å². The number of methoxy groups -OCH3 is 1. The molecule has 0 bridgehead atoms. The third-order valence-electron chi connectivity index (χ3n) is 3.59. The second-order valence-corrected chi connectivity index (χ2v) is 4.86. The minimum Gasteiger partial charge on any atom is -0.385 e. The van der Waals surface area contributed by atoms with E-state index in [0.29, 0.717) is 13.0 Å². The van der Waals surface area contributed by atoms with Crippen LogP contribution in [0.15, 0.2) is 24.3 Å². The van der Waals surface area contributed by atoms with E-state index in [1.165, 1.54) is 19.2 Å². The Hall–Kier alpha value is -2.26. The first kappa shape index (κ1) is 15.1. The summed E-state index contributed by atoms with van der Waals surface area (Å²) in [7, 11) is 1.49. The Labute approximate surface area is 121 Å². The monoisotopic (exact) mass is 290 g/mol. The summed E-state index contributed by atoms with van der Waals surface area (Å²) in [6.07, 6.45) is 0.417. The number of carbonyl (C=O) groups excluding carboxylic acids is 2. The zero-order chi connectivity index (χ0) is 15.5. The molecule has 1 heterocycles. The molecule has 1 atom stereocenters. The van der Waals surface area contributed by atoms with E-state index in [1.807, 2.05) is 6.07 Å². The molecule has 2 rings (SSSR count). The average molecular weight is 290 g/mol. The number of rotatable bonds is 6. The quantitative estimate of drug-likeness (QED) is 0.593. The lowest BCUT2D eigenvalue weighted by molar-refractivity contribution is 0.0433. The van der Waals surface area contributed by atoms with Crippen molar-refractivity contribution in [3.63, 3.8) is 0 Å². The minimum atomic E-state index is -1.77. The van der Waals surface area contributed by atoms with Crippen LogP contribution < -0.4 is 0 Å². The van der Waals surface area contributed by atoms with E-state index in [4.69, 9.17) is 4.74 Å². The number of nitriles is 1. The van der Waals surface area contributed by atoms with E-state index in [0.717, 1.165) is 4.90 Å². The van der Waals surface area contributed by atoms with Gasteiger partial charge >= 0.3 is 0 Å². The van der Waals surface area contributed by atoms with Gasteiger partial charge in [0.2, 0.25) is 0 Å². The van der Waals surface area contributed by atoms with Crippen LogP contribution >= 0.6 is 0 Å². The van der Waals surface area contributed by atoms with Crippen molar-refractivity contribution < 1.29 is 18.7 Å². The molecule has 0 radical (unpaired) electrons. The molecule has 0 fully saturated rings. The number of imide groups is 1. The molecule has 110 valence electrons. The van der Waals surface area contributed by atoms with Gasteiger partial charge in [0, 0.05) is 13.7 Å². The van der Waals surface area contributed by atoms with Crippen LogP contribution in [0.25, 0.3) is 0 Å². The first-order valence-corrected chi connectivity index (χ1v) is 6.55. The van der Waals surface area contributed by atoms with Gasteiger partial charge in [0.1, 0.15) is 6.67 Å². The molecule has 0 saturated heterocycles. The van der Waals surface area contributed by atoms with Gasteiger partial charge in [-0.25, -0.2) is 4.39 Å². The second kappa shape index (κ2) is 6.02. The normalized spacial score (nSPS) is 16.5. The molecule has 5 nitrogen and oxygen atoms in total. The van der Waals surface area contributed by atoms with Crippen molar-refractivity contribution in [2.24, 2.45) is 0 Å². The van der Waals surface area contributed by atoms with Crippen molar-refractivity contribution in [3.8, 4) is 6.07 Å². The molecule has 6 heteroatoms. The van der Waals surface area contributed by atoms with Gasteiger partial charge in [-0.3, -0.25) is 14.5 Å². The van der Waals surface area contributed by atoms with Crippen LogP contribution in [0.2, 0.25) is 0 Å². The summed E-state index contributed by atoms with van der Waals surface area (Å²) in [6, 6.07) is 8.08. The average Bonchev–Trinajstić information content (AvgIpc) is 2.78. The van der Waals surface area contributed by atoms with E-state index in [2.05, 4.69) is 0 Å². The summed E-state index contributed by atoms with van der Waals surface area (Å²) in [5.74, 6) is -1.24. The highest BCUT2D eigenvalue weighted by Gasteiger charge is 2.49. The number of ether oxygens (including phenoxy) is 1. The second-order valence-electron chi connectivity index (χ2n) is 4.86. The first-order chi connectivity index (χ1) is 10.1. The summed E-state index contributed by atoms with van der Waals surface area (Å²) in [6.45, 7) is -0.773. The Morgan fingerprint density at radius 3 is 2.29 bits per heavy atom. The fourth-order valence-electron chi connectivity index (χ4n) is 2.46. The Morgan fingerprint density at radius 2 is 1.86 bits per heavy atom. The predicted molar refractivity (Wildman–Crippen MR) is 72.4 cm³/mol. The van der Waals surface area contributed by atoms with Crippen LogP contribution in [0.3, 0.4) is 0 Å². The van der Waals surface area contributed by atoms with E-state index < -0.39 is 24.0 Å². The molecule has 0 N–H and O–H groups in total. The summed E-state index contributed by atoms with van der Waals surface area (Å²) in [5, 5.41) is 9.37. The fourth-order valence-corrected chi connectivity index (χ4v) is 2.46. The van der Waals surface area contributed by atoms with Crippen LogP contribution in [0.4, 0.5) is 4.39 Å². The first-order valence-electron chi connectivity index (χ1n) is 6.55. The Bertz CT molecular complexity index is 576. The lowest BCUT2D eigenvalue weighted by Crippen LogP contribution is -2.52. The maximum atomic E-state index is 13.6. The smallest absolute Gasteiger partial charge is 0.263 e. The number of halogens is 1. The van der Waals surface area contributed by atoms with Crippen molar-refractivity contribution in [1.82, 2.24) is 4.90 Å². The van der Waals surface area contributed by atoms with Gasteiger partial charge < -0.3 is 4.74 Å². The number of amides is 2. The number of nitrogens with zero attached hydrogens (tertiary/aromatic N) is 2. The minimum absolute atomic E-state index is 0.0410. The van der Waals surface area contributed by atoms with Crippen molar-refractivity contribution in [3.05, 3.63) is 35.4 Å². The summed E-state index contributed by atoms with van der Waals surface area (Å²) < 4.78 is 18.4. The SMILES string of the molecule is COCCCC(C#N)(CF)N1C(=O)c2ccccc2C1=O. The fraction of sp³-hybridized carbons (Fsp3) is 0.400. The van der Waals surface area contributed by atoms with Crippen LogP contribution in [-0.4, -0.2) is 42.6 Å². The molecule has 0 saturated carbocycles. The van der Waals surface area contributed by atoms with Gasteiger partial charge in [-0.15, -0.1) is 0 Å². The van der Waals surface area contributed by atoms with Crippen molar-refractivity contribution in [1.29, 1.82) is 5.26 Å². The molecule has 0 aromatic heterocycles. The van der Waals surface area contributed by atoms with Gasteiger partial charge in [0.15, 0.2) is 5.54 Å². The number of fused-ring (bicyclic) bond motifs is 1. The highest BCUT2D eigenvalue weighted by atomic mass is 19.1. The molecule has 2 amide bonds. The lowest BCUT2D eigenvalue weighted by atomic mass is 9.94. The number of hydrogen-bond acceptors (Lipinski definition) is 4. The summed E-state index contributed by atoms with van der Waals surface area (Å²) in [4.78, 5) is 25.5. The third-order valence-corrected chi connectivity index (χ3v) is 3.59. The van der Waals surface area contributed by atoms with Crippen molar-refractivity contribution in [2.45, 2.75) is 18.4 Å². The van der Waals surface area contributed by atoms with E-state index in [9.17, 15) is 19.2 Å². The number of hydrogen-bond donors (Lipinski definition) is 0. The van der Waals surface area contributed by atoms with Gasteiger partial charge in [-0.2, -0.15) is 5.26 Å². The van der Waals surface area contributed by atoms with Gasteiger partial charge in [-0.05, 0) is 25.0 Å². The molecule has 0 aliphatic carbocycles. The highest BCUT2D eigenvalue weighted by molar-refractivity contribution is 6.22. The number of benzene rings is 1. The molecule has 1 aromatic carbocycles. The third kappa shape index (κ3) is 2.41. The zero-order valence-electron chi connectivity index (χ0n) is 11.6. The van der Waals surface area contributed by atoms with Crippen LogP contribution in [0.5, 0.6) is 0 Å². The molecule has 0 spiro atoms. The van der Waals surface area contributed by atoms with Crippen LogP contribution in [-0.2, 0) is 4.74 Å². The molecular formula is C15H15FN2O3. The molecule has 1 aliphatic rings. The largest absolute Gasteiger partial charge is 0.385 e. The summed E-state index contributed by atoms with van der Waals surface area (Å²) >= 11 is 0. The number of alkyl halides is 1. The van der Waals surface area contributed by atoms with E-state index in [1.54, 1.807) is 12.1 Å². The van der Waals surface area contributed by atoms with Crippen molar-refractivity contribution in [2.75, 3.05) is 20.4 Å². The standard InChI is InChI=1S/C15H15FN2O3/c1-21-8-4-7-15(9-16,10-17)18-13(19)11-5-2-3-6-12(11)14(18)20/h2-3,5-6H,4,7-9H2,1H3. The van der Waals surface area contributed by atoms with Gasteiger partial charge in [0.05, 0.1) is 17.2 Å². The Balaban J connectivity index is 2.37. The maximum absolute atomic E-state index is 13.6. The zero-order valence-corrected chi connectivity index (χ0v) is 11.6. The lowest BCUT2D eigenvalue weighted by Gasteiger charge is -2.31. The molecule has 21 heavy (non-hydrogen) atoms. The summed E-state index contributed by atoms with van der Waals surface area (Å²) in [5.41, 5.74) is -1.35. The Kier molecular flexibility index (Phi) is 4.34. The Morgan fingerprint density at radius 1 is 1.29 bits per heavy atom. The highest BCUT2D eigenvalue weighted by Crippen LogP contribution is 2.32. The predicted octanol–water partition coefficient (Wildman–Crippen LogP) is 1.94. The van der Waals surface area contributed by atoms with Crippen LogP contribution in [0, 0.1) is 11.3 Å². The topological polar surface area (TPSA) is 70.4 Å². The molecule has 1 aliphatic heterocycles. The van der Waals surface area contributed by atoms with Gasteiger partial charge in [0.25, 0.3) is 11.8 Å². The van der Waals surface area contributed by atoms with Crippen molar-refractivity contribution >= 4 is 11.8 Å².